The van der Waals surface area contributed by atoms with Crippen LogP contribution in [0.25, 0.3) is 11.4 Å². The maximum Gasteiger partial charge on any atom is 0.241 e. The van der Waals surface area contributed by atoms with Crippen molar-refractivity contribution < 1.29 is 13.8 Å². The van der Waals surface area contributed by atoms with Crippen LogP contribution in [0.5, 0.6) is 5.75 Å². The van der Waals surface area contributed by atoms with E-state index in [0.29, 0.717) is 18.3 Å². The summed E-state index contributed by atoms with van der Waals surface area (Å²) in [5.74, 6) is 2.83. The number of benzene rings is 1. The third-order valence-electron chi connectivity index (χ3n) is 4.70. The van der Waals surface area contributed by atoms with Crippen molar-refractivity contribution in [1.29, 1.82) is 0 Å². The van der Waals surface area contributed by atoms with E-state index in [-0.39, 0.29) is 0 Å². The molecule has 4 rings (SSSR count). The number of rotatable bonds is 6. The molecule has 0 bridgehead atoms. The van der Waals surface area contributed by atoms with Gasteiger partial charge in [0.05, 0.1) is 31.5 Å². The van der Waals surface area contributed by atoms with Crippen LogP contribution in [-0.2, 0) is 13.1 Å². The van der Waals surface area contributed by atoms with Gasteiger partial charge in [0.15, 0.2) is 5.76 Å². The summed E-state index contributed by atoms with van der Waals surface area (Å²) < 4.78 is 16.1. The van der Waals surface area contributed by atoms with E-state index >= 15 is 0 Å². The first-order valence-electron chi connectivity index (χ1n) is 9.04. The quantitative estimate of drug-likeness (QED) is 0.655. The number of para-hydroxylation sites is 1. The molecule has 0 unspecified atom stereocenters. The lowest BCUT2D eigenvalue weighted by Gasteiger charge is -2.33. The van der Waals surface area contributed by atoms with Crippen molar-refractivity contribution in [1.82, 2.24) is 25.1 Å². The van der Waals surface area contributed by atoms with Gasteiger partial charge in [-0.1, -0.05) is 22.4 Å². The Morgan fingerprint density at radius 3 is 2.44 bits per heavy atom. The average molecular weight is 369 g/mol. The lowest BCUT2D eigenvalue weighted by molar-refractivity contribution is 0.105. The van der Waals surface area contributed by atoms with Crippen molar-refractivity contribution in [3.63, 3.8) is 0 Å². The van der Waals surface area contributed by atoms with E-state index in [4.69, 9.17) is 13.8 Å². The summed E-state index contributed by atoms with van der Waals surface area (Å²) in [6, 6.07) is 9.66. The molecule has 0 spiro atoms. The van der Waals surface area contributed by atoms with Crippen LogP contribution in [0.4, 0.5) is 0 Å². The molecule has 142 valence electrons. The van der Waals surface area contributed by atoms with Crippen LogP contribution in [0.3, 0.4) is 0 Å². The molecule has 0 radical (unpaired) electrons. The summed E-state index contributed by atoms with van der Waals surface area (Å²) in [5.41, 5.74) is 1.76. The number of ether oxygens (including phenoxy) is 1. The predicted molar refractivity (Wildman–Crippen MR) is 98.1 cm³/mol. The molecule has 1 aliphatic heterocycles. The van der Waals surface area contributed by atoms with Crippen LogP contribution < -0.4 is 4.74 Å². The Bertz CT molecular complexity index is 883. The Labute approximate surface area is 157 Å². The lowest BCUT2D eigenvalue weighted by Crippen LogP contribution is -2.45. The first-order valence-corrected chi connectivity index (χ1v) is 9.04. The highest BCUT2D eigenvalue weighted by Crippen LogP contribution is 2.27. The van der Waals surface area contributed by atoms with Gasteiger partial charge in [-0.25, -0.2) is 0 Å². The zero-order valence-electron chi connectivity index (χ0n) is 15.6. The molecular weight excluding hydrogens is 346 g/mol. The smallest absolute Gasteiger partial charge is 0.241 e. The van der Waals surface area contributed by atoms with Crippen LogP contribution in [0.2, 0.25) is 0 Å². The Kier molecular flexibility index (Phi) is 5.17. The van der Waals surface area contributed by atoms with Crippen LogP contribution in [0.1, 0.15) is 17.3 Å². The van der Waals surface area contributed by atoms with Gasteiger partial charge in [-0.05, 0) is 19.1 Å². The topological polar surface area (TPSA) is 80.7 Å². The molecule has 0 aliphatic carbocycles. The minimum Gasteiger partial charge on any atom is -0.496 e. The highest BCUT2D eigenvalue weighted by atomic mass is 16.5. The molecule has 3 aromatic rings. The Morgan fingerprint density at radius 1 is 1.00 bits per heavy atom. The second kappa shape index (κ2) is 7.89. The van der Waals surface area contributed by atoms with E-state index < -0.39 is 0 Å². The maximum absolute atomic E-state index is 5.45. The second-order valence-electron chi connectivity index (χ2n) is 6.70. The van der Waals surface area contributed by atoms with Crippen molar-refractivity contribution in [2.45, 2.75) is 20.0 Å². The Balaban J connectivity index is 1.32. The Morgan fingerprint density at radius 2 is 1.74 bits per heavy atom. The molecule has 1 aromatic carbocycles. The van der Waals surface area contributed by atoms with Gasteiger partial charge in [-0.2, -0.15) is 4.98 Å². The number of piperazine rings is 1. The van der Waals surface area contributed by atoms with E-state index in [1.165, 1.54) is 0 Å². The molecule has 1 saturated heterocycles. The van der Waals surface area contributed by atoms with Crippen LogP contribution in [0.15, 0.2) is 39.4 Å². The number of aromatic nitrogens is 3. The average Bonchev–Trinajstić information content (AvgIpc) is 3.32. The zero-order valence-corrected chi connectivity index (χ0v) is 15.6. The van der Waals surface area contributed by atoms with Gasteiger partial charge < -0.3 is 13.8 Å². The molecule has 3 heterocycles. The lowest BCUT2D eigenvalue weighted by atomic mass is 10.2. The Hall–Kier alpha value is -2.71. The van der Waals surface area contributed by atoms with Crippen molar-refractivity contribution >= 4 is 0 Å². The predicted octanol–water partition coefficient (Wildman–Crippen LogP) is 2.36. The number of hydrogen-bond donors (Lipinski definition) is 0. The molecule has 0 saturated carbocycles. The summed E-state index contributed by atoms with van der Waals surface area (Å²) in [6.07, 6.45) is 0. The summed E-state index contributed by atoms with van der Waals surface area (Å²) in [6.45, 7) is 7.21. The van der Waals surface area contributed by atoms with E-state index in [1.807, 2.05) is 37.3 Å². The molecule has 27 heavy (non-hydrogen) atoms. The van der Waals surface area contributed by atoms with Gasteiger partial charge >= 0.3 is 0 Å². The molecule has 0 amide bonds. The fourth-order valence-corrected chi connectivity index (χ4v) is 3.27. The molecule has 0 N–H and O–H groups in total. The van der Waals surface area contributed by atoms with E-state index in [1.54, 1.807) is 7.11 Å². The van der Waals surface area contributed by atoms with Crippen molar-refractivity contribution in [2.24, 2.45) is 0 Å². The summed E-state index contributed by atoms with van der Waals surface area (Å²) in [5, 5.41) is 8.06. The van der Waals surface area contributed by atoms with Gasteiger partial charge in [-0.15, -0.1) is 0 Å². The van der Waals surface area contributed by atoms with Crippen LogP contribution in [-0.4, -0.2) is 58.4 Å². The standard InChI is InChI=1S/C19H23N5O3/c1-14-11-15(26-21-14)12-23-7-9-24(10-8-23)13-18-20-19(22-27-18)16-5-3-4-6-17(16)25-2/h3-6,11H,7-10,12-13H2,1-2H3. The number of nitrogens with zero attached hydrogens (tertiary/aromatic N) is 5. The minimum atomic E-state index is 0.557. The molecule has 8 heteroatoms. The largest absolute Gasteiger partial charge is 0.496 e. The molecule has 2 aromatic heterocycles. The third kappa shape index (κ3) is 4.17. The molecule has 1 fully saturated rings. The highest BCUT2D eigenvalue weighted by Gasteiger charge is 2.21. The maximum atomic E-state index is 5.45. The van der Waals surface area contributed by atoms with Crippen LogP contribution in [0, 0.1) is 6.92 Å². The van der Waals surface area contributed by atoms with E-state index in [0.717, 1.165) is 55.5 Å². The number of aryl methyl sites for hydroxylation is 1. The van der Waals surface area contributed by atoms with Crippen molar-refractivity contribution in [3.05, 3.63) is 47.7 Å². The zero-order chi connectivity index (χ0) is 18.6. The molecule has 8 nitrogen and oxygen atoms in total. The molecule has 1 aliphatic rings. The highest BCUT2D eigenvalue weighted by molar-refractivity contribution is 5.63. The van der Waals surface area contributed by atoms with Crippen LogP contribution >= 0.6 is 0 Å². The fourth-order valence-electron chi connectivity index (χ4n) is 3.27. The normalized spacial score (nSPS) is 15.9. The SMILES string of the molecule is COc1ccccc1-c1noc(CN2CCN(Cc3cc(C)no3)CC2)n1. The number of hydrogen-bond acceptors (Lipinski definition) is 8. The number of methoxy groups -OCH3 is 1. The second-order valence-corrected chi connectivity index (χ2v) is 6.70. The van der Waals surface area contributed by atoms with Gasteiger partial charge in [-0.3, -0.25) is 9.80 Å². The van der Waals surface area contributed by atoms with Gasteiger partial charge in [0.2, 0.25) is 11.7 Å². The van der Waals surface area contributed by atoms with Gasteiger partial charge in [0, 0.05) is 32.2 Å². The van der Waals surface area contributed by atoms with Gasteiger partial charge in [0.25, 0.3) is 0 Å². The summed E-state index contributed by atoms with van der Waals surface area (Å²) in [4.78, 5) is 9.22. The van der Waals surface area contributed by atoms with E-state index in [2.05, 4.69) is 25.1 Å². The van der Waals surface area contributed by atoms with Crippen molar-refractivity contribution in [3.8, 4) is 17.1 Å². The van der Waals surface area contributed by atoms with Crippen molar-refractivity contribution in [2.75, 3.05) is 33.3 Å². The monoisotopic (exact) mass is 369 g/mol. The first-order chi connectivity index (χ1) is 13.2. The molecular formula is C19H23N5O3. The fraction of sp³-hybridized carbons (Fsp3) is 0.421. The first kappa shape index (κ1) is 17.7. The van der Waals surface area contributed by atoms with Gasteiger partial charge in [0.1, 0.15) is 5.75 Å². The van der Waals surface area contributed by atoms with E-state index in [9.17, 15) is 0 Å². The molecule has 0 atom stereocenters. The third-order valence-corrected chi connectivity index (χ3v) is 4.70. The minimum absolute atomic E-state index is 0.557. The summed E-state index contributed by atoms with van der Waals surface area (Å²) in [7, 11) is 1.64. The summed E-state index contributed by atoms with van der Waals surface area (Å²) >= 11 is 0.